The van der Waals surface area contributed by atoms with E-state index >= 15 is 0 Å². The molecule has 1 atom stereocenters. The number of nitrogens with one attached hydrogen (secondary N) is 1. The Balaban J connectivity index is 1.59. The summed E-state index contributed by atoms with van der Waals surface area (Å²) in [7, 11) is 0. The van der Waals surface area contributed by atoms with Gasteiger partial charge in [-0.3, -0.25) is 9.59 Å². The van der Waals surface area contributed by atoms with Gasteiger partial charge in [0.25, 0.3) is 5.91 Å². The molecule has 7 heteroatoms. The van der Waals surface area contributed by atoms with Crippen LogP contribution in [0.2, 0.25) is 0 Å². The lowest BCUT2D eigenvalue weighted by atomic mass is 10.1. The number of para-hydroxylation sites is 2. The molecule has 0 spiro atoms. The fourth-order valence-electron chi connectivity index (χ4n) is 3.28. The van der Waals surface area contributed by atoms with Crippen LogP contribution >= 0.6 is 0 Å². The Labute approximate surface area is 156 Å². The Morgan fingerprint density at radius 1 is 1.22 bits per heavy atom. The molecule has 1 aromatic heterocycles. The molecule has 1 fully saturated rings. The third-order valence-electron chi connectivity index (χ3n) is 4.73. The fourth-order valence-corrected chi connectivity index (χ4v) is 3.28. The highest BCUT2D eigenvalue weighted by atomic mass is 16.3. The average Bonchev–Trinajstić information content (AvgIpc) is 3.11. The van der Waals surface area contributed by atoms with Crippen molar-refractivity contribution in [3.8, 4) is 0 Å². The number of hydrogen-bond donors (Lipinski definition) is 2. The van der Waals surface area contributed by atoms with Crippen molar-refractivity contribution in [1.29, 1.82) is 0 Å². The van der Waals surface area contributed by atoms with Gasteiger partial charge in [0.15, 0.2) is 11.5 Å². The van der Waals surface area contributed by atoms with Crippen LogP contribution in [0.25, 0.3) is 11.1 Å². The van der Waals surface area contributed by atoms with Crippen molar-refractivity contribution in [3.05, 3.63) is 65.5 Å². The lowest BCUT2D eigenvalue weighted by molar-refractivity contribution is -0.127. The number of piperazine rings is 1. The maximum atomic E-state index is 13.0. The minimum atomic E-state index is -0.659. The summed E-state index contributed by atoms with van der Waals surface area (Å²) in [6.07, 6.45) is 0.229. The molecule has 1 saturated heterocycles. The summed E-state index contributed by atoms with van der Waals surface area (Å²) in [6.45, 7) is 1.28. The first kappa shape index (κ1) is 17.2. The quantitative estimate of drug-likeness (QED) is 0.730. The number of amides is 2. The summed E-state index contributed by atoms with van der Waals surface area (Å²) < 4.78 is 5.74. The Bertz CT molecular complexity index is 947. The van der Waals surface area contributed by atoms with Gasteiger partial charge in [0.2, 0.25) is 5.91 Å². The molecule has 2 heterocycles. The molecular weight excluding hydrogens is 344 g/mol. The van der Waals surface area contributed by atoms with E-state index in [2.05, 4.69) is 10.3 Å². The standard InChI is InChI=1S/C20H20N4O3/c21-12-13-5-7-14(8-6-13)20(26)24-10-9-22-19(25)16(24)11-18-23-15-3-1-2-4-17(15)27-18/h1-8,16H,9-12,21H2,(H,22,25). The first-order chi connectivity index (χ1) is 13.2. The molecule has 0 radical (unpaired) electrons. The summed E-state index contributed by atoms with van der Waals surface area (Å²) in [6, 6.07) is 13.9. The summed E-state index contributed by atoms with van der Waals surface area (Å²) >= 11 is 0. The van der Waals surface area contributed by atoms with Crippen LogP contribution in [0.5, 0.6) is 0 Å². The Hall–Kier alpha value is -3.19. The second kappa shape index (κ2) is 7.20. The van der Waals surface area contributed by atoms with Gasteiger partial charge in [-0.15, -0.1) is 0 Å². The Kier molecular flexibility index (Phi) is 4.60. The lowest BCUT2D eigenvalue weighted by Crippen LogP contribution is -2.58. The third-order valence-corrected chi connectivity index (χ3v) is 4.73. The predicted octanol–water partition coefficient (Wildman–Crippen LogP) is 1.47. The smallest absolute Gasteiger partial charge is 0.254 e. The normalized spacial score (nSPS) is 17.1. The van der Waals surface area contributed by atoms with Gasteiger partial charge in [-0.25, -0.2) is 4.98 Å². The first-order valence-corrected chi connectivity index (χ1v) is 8.88. The molecule has 4 rings (SSSR count). The largest absolute Gasteiger partial charge is 0.441 e. The Morgan fingerprint density at radius 3 is 2.74 bits per heavy atom. The van der Waals surface area contributed by atoms with Crippen molar-refractivity contribution in [3.63, 3.8) is 0 Å². The monoisotopic (exact) mass is 364 g/mol. The van der Waals surface area contributed by atoms with Crippen LogP contribution in [0.4, 0.5) is 0 Å². The van der Waals surface area contributed by atoms with Gasteiger partial charge in [0, 0.05) is 25.2 Å². The zero-order chi connectivity index (χ0) is 18.8. The molecule has 138 valence electrons. The van der Waals surface area contributed by atoms with Crippen LogP contribution in [0.1, 0.15) is 21.8 Å². The molecule has 7 nitrogen and oxygen atoms in total. The number of fused-ring (bicyclic) bond motifs is 1. The molecule has 2 amide bonds. The fraction of sp³-hybridized carbons (Fsp3) is 0.250. The van der Waals surface area contributed by atoms with Gasteiger partial charge in [0.1, 0.15) is 11.6 Å². The Morgan fingerprint density at radius 2 is 2.00 bits per heavy atom. The molecule has 0 bridgehead atoms. The molecule has 1 aliphatic rings. The number of oxazole rings is 1. The molecule has 0 saturated carbocycles. The van der Waals surface area contributed by atoms with Crippen molar-refractivity contribution >= 4 is 22.9 Å². The highest BCUT2D eigenvalue weighted by Gasteiger charge is 2.34. The second-order valence-corrected chi connectivity index (χ2v) is 6.49. The van der Waals surface area contributed by atoms with Gasteiger partial charge in [-0.1, -0.05) is 24.3 Å². The number of benzene rings is 2. The van der Waals surface area contributed by atoms with Gasteiger partial charge in [-0.05, 0) is 29.8 Å². The molecule has 2 aromatic carbocycles. The van der Waals surface area contributed by atoms with Crippen LogP contribution < -0.4 is 11.1 Å². The molecular formula is C20H20N4O3. The minimum absolute atomic E-state index is 0.186. The van der Waals surface area contributed by atoms with Crippen LogP contribution in [0.15, 0.2) is 52.9 Å². The molecule has 3 N–H and O–H groups in total. The van der Waals surface area contributed by atoms with Crippen molar-refractivity contribution < 1.29 is 14.0 Å². The molecule has 3 aromatic rings. The van der Waals surface area contributed by atoms with E-state index in [-0.39, 0.29) is 18.2 Å². The molecule has 1 unspecified atom stereocenters. The molecule has 27 heavy (non-hydrogen) atoms. The lowest BCUT2D eigenvalue weighted by Gasteiger charge is -2.34. The average molecular weight is 364 g/mol. The maximum absolute atomic E-state index is 13.0. The number of carbonyl (C=O) groups excluding carboxylic acids is 2. The minimum Gasteiger partial charge on any atom is -0.441 e. The van der Waals surface area contributed by atoms with Gasteiger partial charge < -0.3 is 20.4 Å². The second-order valence-electron chi connectivity index (χ2n) is 6.49. The summed E-state index contributed by atoms with van der Waals surface area (Å²) in [5, 5.41) is 2.82. The molecule has 0 aliphatic carbocycles. The highest BCUT2D eigenvalue weighted by molar-refractivity contribution is 5.98. The van der Waals surface area contributed by atoms with E-state index in [1.165, 1.54) is 0 Å². The van der Waals surface area contributed by atoms with Crippen molar-refractivity contribution in [2.24, 2.45) is 5.73 Å². The van der Waals surface area contributed by atoms with Crippen LogP contribution in [0.3, 0.4) is 0 Å². The summed E-state index contributed by atoms with van der Waals surface area (Å²) in [5.74, 6) is 0.0551. The number of rotatable bonds is 4. The number of nitrogens with zero attached hydrogens (tertiary/aromatic N) is 2. The van der Waals surface area contributed by atoms with E-state index in [9.17, 15) is 9.59 Å². The zero-order valence-corrected chi connectivity index (χ0v) is 14.7. The summed E-state index contributed by atoms with van der Waals surface area (Å²) in [4.78, 5) is 31.5. The van der Waals surface area contributed by atoms with Crippen LogP contribution in [-0.2, 0) is 17.8 Å². The van der Waals surface area contributed by atoms with Gasteiger partial charge in [-0.2, -0.15) is 0 Å². The van der Waals surface area contributed by atoms with Crippen molar-refractivity contribution in [2.75, 3.05) is 13.1 Å². The zero-order valence-electron chi connectivity index (χ0n) is 14.7. The highest BCUT2D eigenvalue weighted by Crippen LogP contribution is 2.20. The van der Waals surface area contributed by atoms with E-state index in [1.807, 2.05) is 36.4 Å². The van der Waals surface area contributed by atoms with Gasteiger partial charge >= 0.3 is 0 Å². The number of nitrogens with two attached hydrogens (primary N) is 1. The summed E-state index contributed by atoms with van der Waals surface area (Å²) in [5.41, 5.74) is 8.49. The van der Waals surface area contributed by atoms with E-state index in [4.69, 9.17) is 10.2 Å². The number of hydrogen-bond acceptors (Lipinski definition) is 5. The van der Waals surface area contributed by atoms with E-state index in [0.717, 1.165) is 11.1 Å². The SMILES string of the molecule is NCc1ccc(C(=O)N2CCNC(=O)C2Cc2nc3ccccc3o2)cc1. The third kappa shape index (κ3) is 3.41. The number of aromatic nitrogens is 1. The van der Waals surface area contributed by atoms with Crippen LogP contribution in [0, 0.1) is 0 Å². The van der Waals surface area contributed by atoms with E-state index in [0.29, 0.717) is 36.7 Å². The van der Waals surface area contributed by atoms with E-state index in [1.54, 1.807) is 17.0 Å². The van der Waals surface area contributed by atoms with Crippen molar-refractivity contribution in [2.45, 2.75) is 19.0 Å². The molecule has 1 aliphatic heterocycles. The predicted molar refractivity (Wildman–Crippen MR) is 99.9 cm³/mol. The topological polar surface area (TPSA) is 101 Å². The number of carbonyl (C=O) groups is 2. The van der Waals surface area contributed by atoms with Gasteiger partial charge in [0.05, 0.1) is 6.42 Å². The van der Waals surface area contributed by atoms with E-state index < -0.39 is 6.04 Å². The van der Waals surface area contributed by atoms with Crippen molar-refractivity contribution in [1.82, 2.24) is 15.2 Å². The maximum Gasteiger partial charge on any atom is 0.254 e. The first-order valence-electron chi connectivity index (χ1n) is 8.88. The van der Waals surface area contributed by atoms with Crippen LogP contribution in [-0.4, -0.2) is 40.8 Å².